The number of carbonyl (C=O) groups excluding carboxylic acids is 1. The number of para-hydroxylation sites is 1. The molecule has 1 amide bonds. The third-order valence-electron chi connectivity index (χ3n) is 5.19. The molecule has 132 valence electrons. The van der Waals surface area contributed by atoms with Crippen LogP contribution in [0, 0.1) is 20.8 Å². The molecular weight excluding hydrogens is 308 g/mol. The number of nitrogens with zero attached hydrogens (tertiary/aromatic N) is 2. The Morgan fingerprint density at radius 3 is 2.32 bits per heavy atom. The minimum Gasteiger partial charge on any atom is -0.368 e. The lowest BCUT2D eigenvalue weighted by Gasteiger charge is -2.37. The molecule has 0 radical (unpaired) electrons. The zero-order valence-corrected chi connectivity index (χ0v) is 15.6. The van der Waals surface area contributed by atoms with Crippen LogP contribution in [-0.2, 0) is 11.2 Å². The highest BCUT2D eigenvalue weighted by molar-refractivity contribution is 5.77. The Labute approximate surface area is 151 Å². The summed E-state index contributed by atoms with van der Waals surface area (Å²) in [6, 6.07) is 15.0. The van der Waals surface area contributed by atoms with Crippen LogP contribution >= 0.6 is 0 Å². The second kappa shape index (κ2) is 7.73. The molecule has 1 fully saturated rings. The maximum atomic E-state index is 12.6. The van der Waals surface area contributed by atoms with Gasteiger partial charge >= 0.3 is 0 Å². The maximum Gasteiger partial charge on any atom is 0.223 e. The molecule has 1 saturated heterocycles. The van der Waals surface area contributed by atoms with E-state index >= 15 is 0 Å². The van der Waals surface area contributed by atoms with E-state index in [-0.39, 0.29) is 5.91 Å². The van der Waals surface area contributed by atoms with Gasteiger partial charge in [0, 0.05) is 38.3 Å². The number of hydrogen-bond donors (Lipinski definition) is 0. The quantitative estimate of drug-likeness (QED) is 0.845. The average Bonchev–Trinajstić information content (AvgIpc) is 2.61. The van der Waals surface area contributed by atoms with Gasteiger partial charge in [-0.2, -0.15) is 0 Å². The van der Waals surface area contributed by atoms with Crippen molar-refractivity contribution in [1.29, 1.82) is 0 Å². The fourth-order valence-corrected chi connectivity index (χ4v) is 3.64. The van der Waals surface area contributed by atoms with E-state index in [0.29, 0.717) is 6.42 Å². The molecule has 1 aliphatic rings. The number of carbonyl (C=O) groups is 1. The monoisotopic (exact) mass is 336 g/mol. The third kappa shape index (κ3) is 4.22. The largest absolute Gasteiger partial charge is 0.368 e. The van der Waals surface area contributed by atoms with Gasteiger partial charge in [-0.3, -0.25) is 4.79 Å². The van der Waals surface area contributed by atoms with Crippen LogP contribution in [0.4, 0.5) is 5.69 Å². The van der Waals surface area contributed by atoms with Gasteiger partial charge < -0.3 is 9.80 Å². The van der Waals surface area contributed by atoms with Crippen molar-refractivity contribution in [2.45, 2.75) is 33.6 Å². The molecule has 0 bridgehead atoms. The maximum absolute atomic E-state index is 12.6. The van der Waals surface area contributed by atoms with Crippen LogP contribution in [0.2, 0.25) is 0 Å². The van der Waals surface area contributed by atoms with Gasteiger partial charge in [-0.05, 0) is 49.9 Å². The van der Waals surface area contributed by atoms with Crippen LogP contribution in [0.5, 0.6) is 0 Å². The highest BCUT2D eigenvalue weighted by atomic mass is 16.2. The standard InChI is InChI=1S/C22H28N2O/c1-17-8-9-20(19(3)16-17)10-11-22(25)24-14-12-23(13-15-24)21-7-5-4-6-18(21)2/h4-9,16H,10-15H2,1-3H3. The topological polar surface area (TPSA) is 23.6 Å². The number of benzene rings is 2. The summed E-state index contributed by atoms with van der Waals surface area (Å²) >= 11 is 0. The van der Waals surface area contributed by atoms with Gasteiger partial charge in [-0.25, -0.2) is 0 Å². The Balaban J connectivity index is 1.52. The predicted octanol–water partition coefficient (Wildman–Crippen LogP) is 3.89. The van der Waals surface area contributed by atoms with Crippen LogP contribution in [0.1, 0.15) is 28.7 Å². The molecule has 2 aromatic rings. The lowest BCUT2D eigenvalue weighted by Crippen LogP contribution is -2.49. The molecule has 0 spiro atoms. The van der Waals surface area contributed by atoms with Crippen molar-refractivity contribution in [2.24, 2.45) is 0 Å². The van der Waals surface area contributed by atoms with E-state index in [2.05, 4.69) is 68.1 Å². The molecule has 1 aliphatic heterocycles. The molecular formula is C22H28N2O. The third-order valence-corrected chi connectivity index (χ3v) is 5.19. The highest BCUT2D eigenvalue weighted by Gasteiger charge is 2.21. The van der Waals surface area contributed by atoms with Gasteiger partial charge in [0.05, 0.1) is 0 Å². The normalized spacial score (nSPS) is 14.7. The summed E-state index contributed by atoms with van der Waals surface area (Å²) in [6.07, 6.45) is 1.44. The summed E-state index contributed by atoms with van der Waals surface area (Å²) in [4.78, 5) is 17.0. The average molecular weight is 336 g/mol. The van der Waals surface area contributed by atoms with E-state index in [0.717, 1.165) is 32.6 Å². The lowest BCUT2D eigenvalue weighted by atomic mass is 10.0. The second-order valence-corrected chi connectivity index (χ2v) is 7.08. The van der Waals surface area contributed by atoms with Gasteiger partial charge in [0.1, 0.15) is 0 Å². The molecule has 0 saturated carbocycles. The Kier molecular flexibility index (Phi) is 5.42. The molecule has 3 rings (SSSR count). The van der Waals surface area contributed by atoms with Crippen molar-refractivity contribution in [3.05, 3.63) is 64.7 Å². The number of piperazine rings is 1. The molecule has 0 aliphatic carbocycles. The molecule has 0 unspecified atom stereocenters. The SMILES string of the molecule is Cc1ccc(CCC(=O)N2CCN(c3ccccc3C)CC2)c(C)c1. The van der Waals surface area contributed by atoms with Crippen molar-refractivity contribution in [2.75, 3.05) is 31.1 Å². The van der Waals surface area contributed by atoms with Gasteiger partial charge in [0.2, 0.25) is 5.91 Å². The summed E-state index contributed by atoms with van der Waals surface area (Å²) in [6.45, 7) is 9.86. The van der Waals surface area contributed by atoms with Crippen LogP contribution in [-0.4, -0.2) is 37.0 Å². The first kappa shape index (κ1) is 17.5. The molecule has 3 heteroatoms. The zero-order valence-electron chi connectivity index (χ0n) is 15.6. The fraction of sp³-hybridized carbons (Fsp3) is 0.409. The fourth-order valence-electron chi connectivity index (χ4n) is 3.64. The summed E-state index contributed by atoms with van der Waals surface area (Å²) in [5.74, 6) is 0.282. The molecule has 0 aromatic heterocycles. The van der Waals surface area contributed by atoms with Gasteiger partial charge in [0.15, 0.2) is 0 Å². The molecule has 3 nitrogen and oxygen atoms in total. The Morgan fingerprint density at radius 1 is 0.920 bits per heavy atom. The molecule has 0 N–H and O–H groups in total. The Bertz CT molecular complexity index is 745. The van der Waals surface area contributed by atoms with Crippen LogP contribution in [0.25, 0.3) is 0 Å². The van der Waals surface area contributed by atoms with Gasteiger partial charge in [-0.15, -0.1) is 0 Å². The summed E-state index contributed by atoms with van der Waals surface area (Å²) in [5, 5.41) is 0. The van der Waals surface area contributed by atoms with Crippen molar-refractivity contribution in [1.82, 2.24) is 4.90 Å². The molecule has 1 heterocycles. The van der Waals surface area contributed by atoms with Crippen molar-refractivity contribution in [3.63, 3.8) is 0 Å². The van der Waals surface area contributed by atoms with Crippen molar-refractivity contribution in [3.8, 4) is 0 Å². The Morgan fingerprint density at radius 2 is 1.64 bits per heavy atom. The zero-order chi connectivity index (χ0) is 17.8. The van der Waals surface area contributed by atoms with Gasteiger partial charge in [0.25, 0.3) is 0 Å². The smallest absolute Gasteiger partial charge is 0.223 e. The molecule has 0 atom stereocenters. The number of amides is 1. The van der Waals surface area contributed by atoms with Crippen LogP contribution in [0.3, 0.4) is 0 Å². The molecule has 25 heavy (non-hydrogen) atoms. The summed E-state index contributed by atoms with van der Waals surface area (Å²) in [7, 11) is 0. The molecule has 2 aromatic carbocycles. The van der Waals surface area contributed by atoms with Crippen LogP contribution < -0.4 is 4.90 Å². The first-order chi connectivity index (χ1) is 12.0. The first-order valence-electron chi connectivity index (χ1n) is 9.19. The summed E-state index contributed by atoms with van der Waals surface area (Å²) < 4.78 is 0. The lowest BCUT2D eigenvalue weighted by molar-refractivity contribution is -0.131. The van der Waals surface area contributed by atoms with E-state index in [9.17, 15) is 4.79 Å². The number of hydrogen-bond acceptors (Lipinski definition) is 2. The van der Waals surface area contributed by atoms with E-state index < -0.39 is 0 Å². The van der Waals surface area contributed by atoms with Crippen molar-refractivity contribution < 1.29 is 4.79 Å². The van der Waals surface area contributed by atoms with Gasteiger partial charge in [-0.1, -0.05) is 42.0 Å². The van der Waals surface area contributed by atoms with Crippen molar-refractivity contribution >= 4 is 11.6 Å². The van der Waals surface area contributed by atoms with E-state index in [1.165, 1.54) is 27.9 Å². The number of rotatable bonds is 4. The second-order valence-electron chi connectivity index (χ2n) is 7.08. The predicted molar refractivity (Wildman–Crippen MR) is 104 cm³/mol. The van der Waals surface area contributed by atoms with E-state index in [1.807, 2.05) is 4.90 Å². The highest BCUT2D eigenvalue weighted by Crippen LogP contribution is 2.21. The number of anilines is 1. The Hall–Kier alpha value is -2.29. The summed E-state index contributed by atoms with van der Waals surface area (Å²) in [5.41, 5.74) is 6.46. The minimum atomic E-state index is 0.282. The van der Waals surface area contributed by atoms with Crippen LogP contribution in [0.15, 0.2) is 42.5 Å². The first-order valence-corrected chi connectivity index (χ1v) is 9.19. The van der Waals surface area contributed by atoms with E-state index in [1.54, 1.807) is 0 Å². The number of aryl methyl sites for hydroxylation is 4. The minimum absolute atomic E-state index is 0.282. The van der Waals surface area contributed by atoms with E-state index in [4.69, 9.17) is 0 Å².